The van der Waals surface area contributed by atoms with E-state index in [1.54, 1.807) is 13.2 Å². The second kappa shape index (κ2) is 8.53. The van der Waals surface area contributed by atoms with Crippen molar-refractivity contribution in [2.75, 3.05) is 39.2 Å². The predicted octanol–water partition coefficient (Wildman–Crippen LogP) is 2.63. The van der Waals surface area contributed by atoms with Crippen molar-refractivity contribution >= 4 is 28.5 Å². The van der Waals surface area contributed by atoms with E-state index >= 15 is 0 Å². The molecule has 136 valence electrons. The predicted molar refractivity (Wildman–Crippen MR) is 97.2 cm³/mol. The number of nitrogens with zero attached hydrogens (tertiary/aromatic N) is 1. The van der Waals surface area contributed by atoms with E-state index in [0.29, 0.717) is 35.3 Å². The van der Waals surface area contributed by atoms with Crippen molar-refractivity contribution in [2.24, 2.45) is 0 Å². The molecular formula is C18H25N3O4. The van der Waals surface area contributed by atoms with Crippen molar-refractivity contribution in [1.82, 2.24) is 9.88 Å². The van der Waals surface area contributed by atoms with Gasteiger partial charge in [-0.05, 0) is 25.2 Å². The highest BCUT2D eigenvalue weighted by molar-refractivity contribution is 6.12. The zero-order chi connectivity index (χ0) is 18.4. The molecular weight excluding hydrogens is 322 g/mol. The molecule has 25 heavy (non-hydrogen) atoms. The van der Waals surface area contributed by atoms with E-state index in [0.717, 1.165) is 13.1 Å². The van der Waals surface area contributed by atoms with E-state index in [4.69, 9.17) is 9.47 Å². The summed E-state index contributed by atoms with van der Waals surface area (Å²) < 4.78 is 10.2. The third kappa shape index (κ3) is 4.11. The minimum absolute atomic E-state index is 0.163. The Bertz CT molecular complexity index is 750. The molecule has 1 amide bonds. The molecule has 2 aromatic rings. The van der Waals surface area contributed by atoms with Crippen molar-refractivity contribution in [3.05, 3.63) is 23.9 Å². The second-order valence-corrected chi connectivity index (χ2v) is 5.57. The average Bonchev–Trinajstić information content (AvgIpc) is 3.00. The number of H-pyrrole nitrogens is 1. The molecule has 0 spiro atoms. The minimum Gasteiger partial charge on any atom is -0.496 e. The van der Waals surface area contributed by atoms with E-state index < -0.39 is 5.97 Å². The molecule has 0 fully saturated rings. The van der Waals surface area contributed by atoms with E-state index in [-0.39, 0.29) is 11.6 Å². The normalized spacial score (nSPS) is 10.9. The van der Waals surface area contributed by atoms with Crippen molar-refractivity contribution in [3.63, 3.8) is 0 Å². The summed E-state index contributed by atoms with van der Waals surface area (Å²) in [5, 5.41) is 3.50. The van der Waals surface area contributed by atoms with Gasteiger partial charge >= 0.3 is 5.97 Å². The van der Waals surface area contributed by atoms with Gasteiger partial charge in [-0.15, -0.1) is 0 Å². The van der Waals surface area contributed by atoms with E-state index in [9.17, 15) is 9.59 Å². The summed E-state index contributed by atoms with van der Waals surface area (Å²) >= 11 is 0. The summed E-state index contributed by atoms with van der Waals surface area (Å²) in [6.07, 6.45) is 0.337. The van der Waals surface area contributed by atoms with Crippen LogP contribution < -0.4 is 10.1 Å². The van der Waals surface area contributed by atoms with E-state index in [1.807, 2.05) is 12.1 Å². The zero-order valence-electron chi connectivity index (χ0n) is 15.1. The maximum atomic E-state index is 12.4. The molecule has 0 aliphatic rings. The first kappa shape index (κ1) is 18.8. The Labute approximate surface area is 147 Å². The average molecular weight is 347 g/mol. The van der Waals surface area contributed by atoms with Gasteiger partial charge in [0.2, 0.25) is 5.91 Å². The lowest BCUT2D eigenvalue weighted by Crippen LogP contribution is -2.27. The molecule has 0 bridgehead atoms. The number of esters is 1. The quantitative estimate of drug-likeness (QED) is 0.717. The Balaban J connectivity index is 2.34. The number of carbonyl (C=O) groups is 2. The maximum Gasteiger partial charge on any atom is 0.356 e. The van der Waals surface area contributed by atoms with Crippen molar-refractivity contribution in [1.29, 1.82) is 0 Å². The molecule has 1 heterocycles. The van der Waals surface area contributed by atoms with Gasteiger partial charge in [0.05, 0.1) is 30.8 Å². The van der Waals surface area contributed by atoms with Gasteiger partial charge < -0.3 is 24.7 Å². The van der Waals surface area contributed by atoms with Gasteiger partial charge in [0.25, 0.3) is 0 Å². The Hall–Kier alpha value is -2.54. The number of carbonyl (C=O) groups excluding carboxylic acids is 2. The second-order valence-electron chi connectivity index (χ2n) is 5.57. The van der Waals surface area contributed by atoms with Crippen LogP contribution in [0.2, 0.25) is 0 Å². The molecule has 0 saturated carbocycles. The van der Waals surface area contributed by atoms with Crippen LogP contribution in [0.15, 0.2) is 18.2 Å². The van der Waals surface area contributed by atoms with Gasteiger partial charge in [-0.25, -0.2) is 4.79 Å². The molecule has 0 atom stereocenters. The first-order valence-corrected chi connectivity index (χ1v) is 8.34. The number of nitrogens with one attached hydrogen (secondary N) is 2. The fourth-order valence-electron chi connectivity index (χ4n) is 2.77. The van der Waals surface area contributed by atoms with Crippen molar-refractivity contribution in [3.8, 4) is 5.75 Å². The number of ether oxygens (including phenoxy) is 2. The molecule has 0 aliphatic carbocycles. The number of rotatable bonds is 8. The number of aromatic amines is 1. The largest absolute Gasteiger partial charge is 0.496 e. The van der Waals surface area contributed by atoms with Gasteiger partial charge in [0, 0.05) is 13.0 Å². The van der Waals surface area contributed by atoms with Gasteiger partial charge in [-0.1, -0.05) is 19.9 Å². The lowest BCUT2D eigenvalue weighted by Gasteiger charge is -2.17. The highest BCUT2D eigenvalue weighted by Crippen LogP contribution is 2.35. The number of benzene rings is 1. The van der Waals surface area contributed by atoms with E-state index in [1.165, 1.54) is 7.11 Å². The third-order valence-corrected chi connectivity index (χ3v) is 4.21. The third-order valence-electron chi connectivity index (χ3n) is 4.21. The van der Waals surface area contributed by atoms with Crippen LogP contribution in [-0.4, -0.2) is 55.6 Å². The monoisotopic (exact) mass is 347 g/mol. The van der Waals surface area contributed by atoms with Gasteiger partial charge in [-0.3, -0.25) is 4.79 Å². The zero-order valence-corrected chi connectivity index (χ0v) is 15.1. The highest BCUT2D eigenvalue weighted by atomic mass is 16.5. The van der Waals surface area contributed by atoms with Crippen LogP contribution in [0.5, 0.6) is 5.75 Å². The fraction of sp³-hybridized carbons (Fsp3) is 0.444. The van der Waals surface area contributed by atoms with Crippen LogP contribution in [0, 0.1) is 0 Å². The van der Waals surface area contributed by atoms with Gasteiger partial charge in [0.1, 0.15) is 11.4 Å². The first-order chi connectivity index (χ1) is 12.0. The number of amides is 1. The Morgan fingerprint density at radius 1 is 1.20 bits per heavy atom. The summed E-state index contributed by atoms with van der Waals surface area (Å²) in [6.45, 7) is 6.55. The maximum absolute atomic E-state index is 12.4. The number of hydrogen-bond acceptors (Lipinski definition) is 5. The van der Waals surface area contributed by atoms with Crippen LogP contribution >= 0.6 is 0 Å². The summed E-state index contributed by atoms with van der Waals surface area (Å²) in [7, 11) is 2.85. The molecule has 0 aliphatic heterocycles. The fourth-order valence-corrected chi connectivity index (χ4v) is 2.77. The smallest absolute Gasteiger partial charge is 0.356 e. The molecule has 2 rings (SSSR count). The first-order valence-electron chi connectivity index (χ1n) is 8.34. The standard InChI is InChI=1S/C18H25N3O4/c1-5-21(6-2)11-10-14(22)20-16-15-12(8-7-9-13(15)24-3)19-17(16)18(23)25-4/h7-9,19H,5-6,10-11H2,1-4H3,(H,20,22). The number of fused-ring (bicyclic) bond motifs is 1. The summed E-state index contributed by atoms with van der Waals surface area (Å²) in [4.78, 5) is 29.7. The van der Waals surface area contributed by atoms with Crippen LogP contribution in [0.1, 0.15) is 30.8 Å². The Morgan fingerprint density at radius 3 is 2.52 bits per heavy atom. The highest BCUT2D eigenvalue weighted by Gasteiger charge is 2.22. The molecule has 1 aromatic carbocycles. The molecule has 0 saturated heterocycles. The number of aromatic nitrogens is 1. The molecule has 1 aromatic heterocycles. The lowest BCUT2D eigenvalue weighted by molar-refractivity contribution is -0.116. The molecule has 2 N–H and O–H groups in total. The minimum atomic E-state index is -0.544. The van der Waals surface area contributed by atoms with Crippen LogP contribution in [0.3, 0.4) is 0 Å². The molecule has 0 radical (unpaired) electrons. The molecule has 7 nitrogen and oxygen atoms in total. The van der Waals surface area contributed by atoms with E-state index in [2.05, 4.69) is 29.0 Å². The number of hydrogen-bond donors (Lipinski definition) is 2. The van der Waals surface area contributed by atoms with Crippen LogP contribution in [0.25, 0.3) is 10.9 Å². The molecule has 0 unspecified atom stereocenters. The van der Waals surface area contributed by atoms with Crippen molar-refractivity contribution in [2.45, 2.75) is 20.3 Å². The molecule has 7 heteroatoms. The summed E-state index contributed by atoms with van der Waals surface area (Å²) in [6, 6.07) is 5.41. The topological polar surface area (TPSA) is 83.7 Å². The SMILES string of the molecule is CCN(CC)CCC(=O)Nc1c(C(=O)OC)[nH]c2cccc(OC)c12. The lowest BCUT2D eigenvalue weighted by atomic mass is 10.2. The Kier molecular flexibility index (Phi) is 6.41. The number of methoxy groups -OCH3 is 2. The Morgan fingerprint density at radius 2 is 1.92 bits per heavy atom. The van der Waals surface area contributed by atoms with Gasteiger partial charge in [0.15, 0.2) is 0 Å². The van der Waals surface area contributed by atoms with Gasteiger partial charge in [-0.2, -0.15) is 0 Å². The van der Waals surface area contributed by atoms with Crippen LogP contribution in [-0.2, 0) is 9.53 Å². The van der Waals surface area contributed by atoms with Crippen molar-refractivity contribution < 1.29 is 19.1 Å². The summed E-state index contributed by atoms with van der Waals surface area (Å²) in [5.74, 6) is -0.135. The number of anilines is 1. The van der Waals surface area contributed by atoms with Crippen LogP contribution in [0.4, 0.5) is 5.69 Å². The summed E-state index contributed by atoms with van der Waals surface area (Å²) in [5.41, 5.74) is 1.29.